The highest BCUT2D eigenvalue weighted by Gasteiger charge is 2.30. The first-order valence-corrected chi connectivity index (χ1v) is 5.04. The monoisotopic (exact) mass is 197 g/mol. The number of hydrogen-bond acceptors (Lipinski definition) is 3. The zero-order valence-electron chi connectivity index (χ0n) is 9.22. The summed E-state index contributed by atoms with van der Waals surface area (Å²) in [6.07, 6.45) is 0. The zero-order valence-corrected chi connectivity index (χ0v) is 9.22. The van der Waals surface area contributed by atoms with Gasteiger partial charge in [0.1, 0.15) is 0 Å². The summed E-state index contributed by atoms with van der Waals surface area (Å²) in [4.78, 5) is 7.40. The van der Waals surface area contributed by atoms with Crippen molar-refractivity contribution in [1.82, 2.24) is 9.80 Å². The maximum atomic E-state index is 8.16. The minimum atomic E-state index is 0.587. The lowest BCUT2D eigenvalue weighted by Crippen LogP contribution is -2.34. The molecule has 1 saturated heterocycles. The Hall–Kier alpha value is -0.770. The van der Waals surface area contributed by atoms with Crippen molar-refractivity contribution < 1.29 is 0 Å². The molecular formula is C9H19N5. The van der Waals surface area contributed by atoms with Gasteiger partial charge in [-0.15, -0.1) is 0 Å². The van der Waals surface area contributed by atoms with Crippen LogP contribution in [0.2, 0.25) is 0 Å². The van der Waals surface area contributed by atoms with Crippen molar-refractivity contribution in [3.63, 3.8) is 0 Å². The Kier molecular flexibility index (Phi) is 4.20. The third-order valence-corrected chi connectivity index (χ3v) is 2.89. The van der Waals surface area contributed by atoms with Crippen LogP contribution < -0.4 is 0 Å². The molecule has 5 nitrogen and oxygen atoms in total. The van der Waals surface area contributed by atoms with Crippen molar-refractivity contribution in [2.45, 2.75) is 13.0 Å². The van der Waals surface area contributed by atoms with Crippen molar-refractivity contribution >= 4 is 0 Å². The number of rotatable bonds is 4. The topological polar surface area (TPSA) is 55.2 Å². The van der Waals surface area contributed by atoms with Crippen LogP contribution in [0.25, 0.3) is 10.4 Å². The van der Waals surface area contributed by atoms with Crippen molar-refractivity contribution in [1.29, 1.82) is 0 Å². The Morgan fingerprint density at radius 3 is 2.71 bits per heavy atom. The number of likely N-dealkylation sites (tertiary alicyclic amines) is 1. The molecule has 1 heterocycles. The Morgan fingerprint density at radius 2 is 2.21 bits per heavy atom. The first-order valence-electron chi connectivity index (χ1n) is 5.04. The van der Waals surface area contributed by atoms with E-state index in [-0.39, 0.29) is 0 Å². The van der Waals surface area contributed by atoms with Crippen LogP contribution in [0.5, 0.6) is 0 Å². The molecule has 5 heteroatoms. The second-order valence-corrected chi connectivity index (χ2v) is 4.22. The van der Waals surface area contributed by atoms with Gasteiger partial charge in [0.25, 0.3) is 0 Å². The van der Waals surface area contributed by atoms with E-state index in [0.717, 1.165) is 19.6 Å². The van der Waals surface area contributed by atoms with Crippen LogP contribution in [0.15, 0.2) is 5.11 Å². The summed E-state index contributed by atoms with van der Waals surface area (Å²) >= 11 is 0. The minimum Gasteiger partial charge on any atom is -0.305 e. The largest absolute Gasteiger partial charge is 0.305 e. The molecule has 2 unspecified atom stereocenters. The summed E-state index contributed by atoms with van der Waals surface area (Å²) in [6, 6.07) is 0.640. The second kappa shape index (κ2) is 5.20. The quantitative estimate of drug-likeness (QED) is 0.386. The Bertz CT molecular complexity index is 221. The van der Waals surface area contributed by atoms with Crippen molar-refractivity contribution in [2.24, 2.45) is 11.0 Å². The van der Waals surface area contributed by atoms with E-state index in [0.29, 0.717) is 18.5 Å². The van der Waals surface area contributed by atoms with Gasteiger partial charge in [-0.05, 0) is 25.5 Å². The molecule has 1 aliphatic heterocycles. The van der Waals surface area contributed by atoms with Gasteiger partial charge in [0.05, 0.1) is 0 Å². The average Bonchev–Trinajstić information content (AvgIpc) is 2.47. The number of likely N-dealkylation sites (N-methyl/N-ethyl adjacent to an activating group) is 1. The van der Waals surface area contributed by atoms with Crippen molar-refractivity contribution in [3.05, 3.63) is 10.4 Å². The average molecular weight is 197 g/mol. The lowest BCUT2D eigenvalue weighted by Gasteiger charge is -2.22. The van der Waals surface area contributed by atoms with Crippen LogP contribution in [0.4, 0.5) is 0 Å². The van der Waals surface area contributed by atoms with Gasteiger partial charge in [-0.25, -0.2) is 0 Å². The molecule has 1 aliphatic rings. The first-order chi connectivity index (χ1) is 6.65. The van der Waals surface area contributed by atoms with E-state index in [2.05, 4.69) is 40.8 Å². The fourth-order valence-electron chi connectivity index (χ4n) is 2.13. The van der Waals surface area contributed by atoms with Gasteiger partial charge >= 0.3 is 0 Å². The Morgan fingerprint density at radius 1 is 1.50 bits per heavy atom. The van der Waals surface area contributed by atoms with E-state index in [4.69, 9.17) is 5.53 Å². The van der Waals surface area contributed by atoms with Gasteiger partial charge < -0.3 is 9.80 Å². The molecule has 0 spiro atoms. The first kappa shape index (κ1) is 11.3. The minimum absolute atomic E-state index is 0.587. The molecule has 2 atom stereocenters. The summed E-state index contributed by atoms with van der Waals surface area (Å²) in [7, 11) is 4.25. The van der Waals surface area contributed by atoms with Crippen LogP contribution in [0.3, 0.4) is 0 Å². The third kappa shape index (κ3) is 2.87. The molecule has 0 aliphatic carbocycles. The Balaban J connectivity index is 2.34. The fraction of sp³-hybridized carbons (Fsp3) is 1.00. The molecule has 80 valence electrons. The summed E-state index contributed by atoms with van der Waals surface area (Å²) in [5.41, 5.74) is 8.16. The molecule has 0 aromatic heterocycles. The molecule has 1 rings (SSSR count). The van der Waals surface area contributed by atoms with E-state index in [1.165, 1.54) is 0 Å². The predicted molar refractivity (Wildman–Crippen MR) is 57.1 cm³/mol. The zero-order chi connectivity index (χ0) is 10.6. The Labute approximate surface area is 85.3 Å². The smallest absolute Gasteiger partial charge is 0.0385 e. The predicted octanol–water partition coefficient (Wildman–Crippen LogP) is 1.18. The van der Waals surface area contributed by atoms with Crippen LogP contribution in [-0.2, 0) is 0 Å². The fourth-order valence-corrected chi connectivity index (χ4v) is 2.13. The van der Waals surface area contributed by atoms with Crippen LogP contribution in [-0.4, -0.2) is 56.1 Å². The summed E-state index contributed by atoms with van der Waals surface area (Å²) < 4.78 is 0. The van der Waals surface area contributed by atoms with Gasteiger partial charge in [0, 0.05) is 37.1 Å². The second-order valence-electron chi connectivity index (χ2n) is 4.22. The molecule has 0 saturated carbocycles. The highest BCUT2D eigenvalue weighted by Crippen LogP contribution is 2.19. The standard InChI is InChI=1S/C9H19N5/c1-8-6-14(5-4-11-12-10)7-9(8)13(2)3/h8-9H,4-7H2,1-3H3. The maximum Gasteiger partial charge on any atom is 0.0385 e. The molecule has 0 amide bonds. The molecule has 0 radical (unpaired) electrons. The van der Waals surface area contributed by atoms with Crippen LogP contribution in [0.1, 0.15) is 6.92 Å². The maximum absolute atomic E-state index is 8.16. The van der Waals surface area contributed by atoms with E-state index < -0.39 is 0 Å². The molecule has 0 bridgehead atoms. The number of azide groups is 1. The SMILES string of the molecule is CC1CN(CCN=[N+]=[N-])CC1N(C)C. The summed E-state index contributed by atoms with van der Waals surface area (Å²) in [5.74, 6) is 0.705. The summed E-state index contributed by atoms with van der Waals surface area (Å²) in [6.45, 7) is 5.96. The molecule has 0 aromatic carbocycles. The van der Waals surface area contributed by atoms with Gasteiger partial charge in [0.2, 0.25) is 0 Å². The molecule has 0 aromatic rings. The molecule has 0 N–H and O–H groups in total. The molecule has 1 fully saturated rings. The van der Waals surface area contributed by atoms with E-state index in [9.17, 15) is 0 Å². The van der Waals surface area contributed by atoms with Gasteiger partial charge in [0.15, 0.2) is 0 Å². The highest BCUT2D eigenvalue weighted by molar-refractivity contribution is 4.86. The molecular weight excluding hydrogens is 178 g/mol. The van der Waals surface area contributed by atoms with Crippen molar-refractivity contribution in [2.75, 3.05) is 40.3 Å². The van der Waals surface area contributed by atoms with Crippen LogP contribution in [0, 0.1) is 5.92 Å². The van der Waals surface area contributed by atoms with Gasteiger partial charge in [-0.1, -0.05) is 12.0 Å². The van der Waals surface area contributed by atoms with E-state index in [1.54, 1.807) is 0 Å². The van der Waals surface area contributed by atoms with E-state index in [1.807, 2.05) is 0 Å². The molecule has 14 heavy (non-hydrogen) atoms. The van der Waals surface area contributed by atoms with Crippen molar-refractivity contribution in [3.8, 4) is 0 Å². The van der Waals surface area contributed by atoms with Gasteiger partial charge in [-0.2, -0.15) is 0 Å². The van der Waals surface area contributed by atoms with Crippen LogP contribution >= 0.6 is 0 Å². The van der Waals surface area contributed by atoms with E-state index >= 15 is 0 Å². The van der Waals surface area contributed by atoms with Gasteiger partial charge in [-0.3, -0.25) is 0 Å². The number of hydrogen-bond donors (Lipinski definition) is 0. The normalized spacial score (nSPS) is 28.0. The lowest BCUT2D eigenvalue weighted by molar-refractivity contribution is 0.253. The third-order valence-electron chi connectivity index (χ3n) is 2.89. The highest BCUT2D eigenvalue weighted by atomic mass is 15.3. The summed E-state index contributed by atoms with van der Waals surface area (Å²) in [5, 5.41) is 3.56. The lowest BCUT2D eigenvalue weighted by atomic mass is 10.1. The number of nitrogens with zero attached hydrogens (tertiary/aromatic N) is 5.